The largest absolute Gasteiger partial charge is 0.312 e. The van der Waals surface area contributed by atoms with Gasteiger partial charge in [0.15, 0.2) is 0 Å². The highest BCUT2D eigenvalue weighted by Crippen LogP contribution is 2.24. The quantitative estimate of drug-likeness (QED) is 0.356. The number of nitrogens with one attached hydrogen (secondary N) is 1. The van der Waals surface area contributed by atoms with Crippen molar-refractivity contribution in [3.8, 4) is 0 Å². The van der Waals surface area contributed by atoms with Crippen molar-refractivity contribution in [2.24, 2.45) is 10.8 Å². The molecule has 0 spiro atoms. The molecule has 0 unspecified atom stereocenters. The molecule has 2 rings (SSSR count). The number of nitrogens with zero attached hydrogens (tertiary/aromatic N) is 1. The molecule has 1 aliphatic rings. The van der Waals surface area contributed by atoms with Crippen molar-refractivity contribution in [2.75, 3.05) is 0 Å². The molecule has 4 heteroatoms. The van der Waals surface area contributed by atoms with Gasteiger partial charge in [0.2, 0.25) is 0 Å². The molecule has 3 nitrogen and oxygen atoms in total. The van der Waals surface area contributed by atoms with Crippen molar-refractivity contribution < 1.29 is 0 Å². The molecule has 80 valence electrons. The highest BCUT2D eigenvalue weighted by molar-refractivity contribution is 6.31. The van der Waals surface area contributed by atoms with Gasteiger partial charge in [-0.25, -0.2) is 5.84 Å². The smallest absolute Gasteiger partial charge is 0.115 e. The molecule has 1 aromatic rings. The molecule has 1 aromatic carbocycles. The van der Waals surface area contributed by atoms with Crippen LogP contribution in [0, 0.1) is 0 Å². The number of nitrogens with two attached hydrogens (primary N) is 1. The van der Waals surface area contributed by atoms with E-state index in [4.69, 9.17) is 17.4 Å². The third-order valence-corrected chi connectivity index (χ3v) is 2.74. The Labute approximate surface area is 94.3 Å². The molecule has 0 amide bonds. The summed E-state index contributed by atoms with van der Waals surface area (Å²) >= 11 is 6.05. The lowest BCUT2D eigenvalue weighted by molar-refractivity contribution is 0.940. The summed E-state index contributed by atoms with van der Waals surface area (Å²) in [5, 5.41) is 0.760. The van der Waals surface area contributed by atoms with Crippen molar-refractivity contribution in [1.29, 1.82) is 0 Å². The van der Waals surface area contributed by atoms with Crippen molar-refractivity contribution in [3.05, 3.63) is 34.9 Å². The fraction of sp³-hybridized carbons (Fsp3) is 0.364. The van der Waals surface area contributed by atoms with E-state index < -0.39 is 0 Å². The first kappa shape index (κ1) is 10.5. The van der Waals surface area contributed by atoms with E-state index in [1.165, 1.54) is 12.8 Å². The second kappa shape index (κ2) is 4.64. The summed E-state index contributed by atoms with van der Waals surface area (Å²) in [7, 11) is 0. The molecule has 15 heavy (non-hydrogen) atoms. The van der Waals surface area contributed by atoms with Crippen LogP contribution in [0.25, 0.3) is 0 Å². The summed E-state index contributed by atoms with van der Waals surface area (Å²) in [6.07, 6.45) is 3.02. The molecule has 1 aliphatic carbocycles. The van der Waals surface area contributed by atoms with Gasteiger partial charge in [-0.1, -0.05) is 29.8 Å². The summed E-state index contributed by atoms with van der Waals surface area (Å²) in [5.74, 6) is 6.23. The van der Waals surface area contributed by atoms with Gasteiger partial charge >= 0.3 is 0 Å². The molecule has 1 saturated carbocycles. The van der Waals surface area contributed by atoms with Crippen LogP contribution in [0.15, 0.2) is 29.3 Å². The minimum Gasteiger partial charge on any atom is -0.312 e. The average molecular weight is 224 g/mol. The maximum atomic E-state index is 6.05. The van der Waals surface area contributed by atoms with Crippen molar-refractivity contribution in [1.82, 2.24) is 5.43 Å². The predicted molar refractivity (Wildman–Crippen MR) is 62.9 cm³/mol. The Hall–Kier alpha value is -1.06. The van der Waals surface area contributed by atoms with Crippen molar-refractivity contribution >= 4 is 17.4 Å². The van der Waals surface area contributed by atoms with Crippen LogP contribution in [-0.4, -0.2) is 11.9 Å². The average Bonchev–Trinajstić information content (AvgIpc) is 3.04. The third kappa shape index (κ3) is 2.94. The van der Waals surface area contributed by atoms with Gasteiger partial charge in [-0.2, -0.15) is 0 Å². The summed E-state index contributed by atoms with van der Waals surface area (Å²) in [6, 6.07) is 8.22. The highest BCUT2D eigenvalue weighted by Gasteiger charge is 2.20. The molecular weight excluding hydrogens is 210 g/mol. The zero-order valence-electron chi connectivity index (χ0n) is 8.41. The summed E-state index contributed by atoms with van der Waals surface area (Å²) < 4.78 is 0. The standard InChI is InChI=1S/C11H14ClN3/c12-10-4-2-1-3-8(10)7-11(15-13)14-9-5-6-9/h1-4,9H,5-7,13H2,(H,14,15). The molecule has 0 bridgehead atoms. The predicted octanol–water partition coefficient (Wildman–Crippen LogP) is 1.91. The van der Waals surface area contributed by atoms with Crippen LogP contribution in [-0.2, 0) is 6.42 Å². The molecule has 0 saturated heterocycles. The van der Waals surface area contributed by atoms with Gasteiger partial charge in [0.25, 0.3) is 0 Å². The fourth-order valence-electron chi connectivity index (χ4n) is 1.38. The van der Waals surface area contributed by atoms with Gasteiger partial charge in [0.05, 0.1) is 6.04 Å². The molecule has 1 fully saturated rings. The van der Waals surface area contributed by atoms with E-state index in [1.54, 1.807) is 0 Å². The van der Waals surface area contributed by atoms with E-state index in [9.17, 15) is 0 Å². The lowest BCUT2D eigenvalue weighted by Crippen LogP contribution is -2.32. The van der Waals surface area contributed by atoms with Crippen LogP contribution in [0.1, 0.15) is 18.4 Å². The first-order chi connectivity index (χ1) is 7.29. The van der Waals surface area contributed by atoms with E-state index in [1.807, 2.05) is 24.3 Å². The first-order valence-corrected chi connectivity index (χ1v) is 5.44. The fourth-order valence-corrected chi connectivity index (χ4v) is 1.58. The van der Waals surface area contributed by atoms with Crippen molar-refractivity contribution in [2.45, 2.75) is 25.3 Å². The van der Waals surface area contributed by atoms with Crippen LogP contribution < -0.4 is 11.3 Å². The molecule has 0 atom stereocenters. The number of hydrogen-bond donors (Lipinski definition) is 2. The Morgan fingerprint density at radius 3 is 2.80 bits per heavy atom. The summed E-state index contributed by atoms with van der Waals surface area (Å²) in [6.45, 7) is 0. The van der Waals surface area contributed by atoms with Gasteiger partial charge in [-0.05, 0) is 24.5 Å². The number of hydrazine groups is 1. The Bertz CT molecular complexity index is 372. The first-order valence-electron chi connectivity index (χ1n) is 5.06. The van der Waals surface area contributed by atoms with Crippen LogP contribution in [0.4, 0.5) is 0 Å². The van der Waals surface area contributed by atoms with Crippen LogP contribution in [0.5, 0.6) is 0 Å². The van der Waals surface area contributed by atoms with Crippen LogP contribution in [0.2, 0.25) is 5.02 Å². The number of halogens is 1. The van der Waals surface area contributed by atoms with Gasteiger partial charge in [0, 0.05) is 11.4 Å². The normalized spacial score (nSPS) is 16.5. The number of amidine groups is 1. The molecule has 0 heterocycles. The zero-order chi connectivity index (χ0) is 10.7. The Morgan fingerprint density at radius 1 is 1.47 bits per heavy atom. The Balaban J connectivity index is 2.09. The van der Waals surface area contributed by atoms with E-state index in [-0.39, 0.29) is 0 Å². The number of rotatable bonds is 3. The lowest BCUT2D eigenvalue weighted by Gasteiger charge is -2.07. The summed E-state index contributed by atoms with van der Waals surface area (Å²) in [4.78, 5) is 4.46. The summed E-state index contributed by atoms with van der Waals surface area (Å²) in [5.41, 5.74) is 3.69. The van der Waals surface area contributed by atoms with Gasteiger partial charge < -0.3 is 5.43 Å². The van der Waals surface area contributed by atoms with Gasteiger partial charge in [0.1, 0.15) is 5.84 Å². The maximum Gasteiger partial charge on any atom is 0.115 e. The molecule has 0 aromatic heterocycles. The minimum atomic E-state index is 0.471. The molecule has 0 aliphatic heterocycles. The second-order valence-corrected chi connectivity index (χ2v) is 4.13. The van der Waals surface area contributed by atoms with E-state index in [0.29, 0.717) is 12.5 Å². The minimum absolute atomic E-state index is 0.471. The third-order valence-electron chi connectivity index (χ3n) is 2.37. The topological polar surface area (TPSA) is 50.4 Å². The number of benzene rings is 1. The van der Waals surface area contributed by atoms with Crippen LogP contribution in [0.3, 0.4) is 0 Å². The zero-order valence-corrected chi connectivity index (χ0v) is 9.17. The van der Waals surface area contributed by atoms with Crippen molar-refractivity contribution in [3.63, 3.8) is 0 Å². The van der Waals surface area contributed by atoms with Crippen LogP contribution >= 0.6 is 11.6 Å². The van der Waals surface area contributed by atoms with E-state index in [2.05, 4.69) is 10.4 Å². The maximum absolute atomic E-state index is 6.05. The molecular formula is C11H14ClN3. The Kier molecular flexibility index (Phi) is 3.23. The SMILES string of the molecule is NNC(Cc1ccccc1Cl)=NC1CC1. The number of hydrogen-bond acceptors (Lipinski definition) is 2. The second-order valence-electron chi connectivity index (χ2n) is 3.72. The monoisotopic (exact) mass is 223 g/mol. The molecule has 3 N–H and O–H groups in total. The van der Waals surface area contributed by atoms with E-state index >= 15 is 0 Å². The molecule has 0 radical (unpaired) electrons. The lowest BCUT2D eigenvalue weighted by atomic mass is 10.1. The van der Waals surface area contributed by atoms with E-state index in [0.717, 1.165) is 16.4 Å². The van der Waals surface area contributed by atoms with Gasteiger partial charge in [-0.3, -0.25) is 4.99 Å². The van der Waals surface area contributed by atoms with Gasteiger partial charge in [-0.15, -0.1) is 0 Å². The Morgan fingerprint density at radius 2 is 2.20 bits per heavy atom. The number of aliphatic imine (C=N–C) groups is 1. The highest BCUT2D eigenvalue weighted by atomic mass is 35.5.